The van der Waals surface area contributed by atoms with E-state index in [1.807, 2.05) is 12.3 Å². The van der Waals surface area contributed by atoms with Gasteiger partial charge in [-0.1, -0.05) is 44.3 Å². The van der Waals surface area contributed by atoms with Gasteiger partial charge in [0.1, 0.15) is 0 Å². The first-order valence-electron chi connectivity index (χ1n) is 4.13. The van der Waals surface area contributed by atoms with Crippen LogP contribution in [0.25, 0.3) is 5.69 Å². The molecular weight excluding hydrogens is 301 g/mol. The predicted octanol–water partition coefficient (Wildman–Crippen LogP) is 3.47. The molecule has 0 N–H and O–H groups in total. The maximum absolute atomic E-state index is 5.90. The summed E-state index contributed by atoms with van der Waals surface area (Å²) >= 11 is 15.0. The van der Waals surface area contributed by atoms with Gasteiger partial charge in [-0.15, -0.1) is 5.10 Å². The van der Waals surface area contributed by atoms with Crippen molar-refractivity contribution in [2.45, 2.75) is 5.33 Å². The van der Waals surface area contributed by atoms with Crippen molar-refractivity contribution in [3.8, 4) is 5.69 Å². The van der Waals surface area contributed by atoms with Gasteiger partial charge in [0.05, 0.1) is 27.6 Å². The smallest absolute Gasteiger partial charge is 0.0937 e. The van der Waals surface area contributed by atoms with Crippen LogP contribution in [-0.2, 0) is 5.33 Å². The highest BCUT2D eigenvalue weighted by molar-refractivity contribution is 9.08. The summed E-state index contributed by atoms with van der Waals surface area (Å²) in [7, 11) is 0. The molecule has 15 heavy (non-hydrogen) atoms. The Labute approximate surface area is 105 Å². The predicted molar refractivity (Wildman–Crippen MR) is 64.0 cm³/mol. The van der Waals surface area contributed by atoms with Gasteiger partial charge in [-0.2, -0.15) is 0 Å². The molecule has 0 saturated carbocycles. The lowest BCUT2D eigenvalue weighted by atomic mass is 10.3. The molecule has 0 aliphatic heterocycles. The van der Waals surface area contributed by atoms with Gasteiger partial charge in [-0.05, 0) is 18.2 Å². The van der Waals surface area contributed by atoms with Gasteiger partial charge >= 0.3 is 0 Å². The average molecular weight is 307 g/mol. The Morgan fingerprint density at radius 3 is 2.67 bits per heavy atom. The molecule has 2 rings (SSSR count). The van der Waals surface area contributed by atoms with E-state index in [9.17, 15) is 0 Å². The zero-order chi connectivity index (χ0) is 10.8. The molecule has 0 aliphatic carbocycles. The van der Waals surface area contributed by atoms with Crippen molar-refractivity contribution in [3.63, 3.8) is 0 Å². The lowest BCUT2D eigenvalue weighted by Gasteiger charge is -2.01. The van der Waals surface area contributed by atoms with Crippen molar-refractivity contribution >= 4 is 39.1 Å². The van der Waals surface area contributed by atoms with Crippen LogP contribution in [0, 0.1) is 0 Å². The zero-order valence-electron chi connectivity index (χ0n) is 7.49. The summed E-state index contributed by atoms with van der Waals surface area (Å²) < 4.78 is 1.65. The van der Waals surface area contributed by atoms with Crippen LogP contribution in [0.2, 0.25) is 10.0 Å². The van der Waals surface area contributed by atoms with Gasteiger partial charge in [0.2, 0.25) is 0 Å². The van der Waals surface area contributed by atoms with Gasteiger partial charge in [0, 0.05) is 5.33 Å². The highest BCUT2D eigenvalue weighted by atomic mass is 79.9. The molecule has 0 radical (unpaired) electrons. The molecule has 0 amide bonds. The fraction of sp³-hybridized carbons (Fsp3) is 0.111. The first-order valence-corrected chi connectivity index (χ1v) is 6.01. The maximum Gasteiger partial charge on any atom is 0.0937 e. The van der Waals surface area contributed by atoms with E-state index in [-0.39, 0.29) is 0 Å². The minimum Gasteiger partial charge on any atom is -0.220 e. The molecule has 2 aromatic rings. The standard InChI is InChI=1S/C9H6BrCl2N3/c10-4-6-5-15(14-13-6)7-1-2-8(11)9(12)3-7/h1-3,5H,4H2. The van der Waals surface area contributed by atoms with Crippen molar-refractivity contribution in [1.82, 2.24) is 15.0 Å². The van der Waals surface area contributed by atoms with E-state index in [1.165, 1.54) is 0 Å². The fourth-order valence-electron chi connectivity index (χ4n) is 1.11. The van der Waals surface area contributed by atoms with Crippen LogP contribution in [0.5, 0.6) is 0 Å². The van der Waals surface area contributed by atoms with Crippen LogP contribution in [0.4, 0.5) is 0 Å². The Morgan fingerprint density at radius 2 is 2.07 bits per heavy atom. The largest absolute Gasteiger partial charge is 0.220 e. The summed E-state index contributed by atoms with van der Waals surface area (Å²) in [4.78, 5) is 0. The van der Waals surface area contributed by atoms with Crippen molar-refractivity contribution < 1.29 is 0 Å². The maximum atomic E-state index is 5.90. The van der Waals surface area contributed by atoms with Gasteiger partial charge in [0.15, 0.2) is 0 Å². The minimum atomic E-state index is 0.505. The molecule has 1 aromatic carbocycles. The summed E-state index contributed by atoms with van der Waals surface area (Å²) in [6.07, 6.45) is 1.83. The molecule has 78 valence electrons. The van der Waals surface area contributed by atoms with Crippen LogP contribution in [0.1, 0.15) is 5.69 Å². The summed E-state index contributed by atoms with van der Waals surface area (Å²) in [5, 5.41) is 9.62. The first-order chi connectivity index (χ1) is 7.20. The van der Waals surface area contributed by atoms with Gasteiger partial charge < -0.3 is 0 Å². The Morgan fingerprint density at radius 1 is 1.27 bits per heavy atom. The van der Waals surface area contributed by atoms with E-state index >= 15 is 0 Å². The van der Waals surface area contributed by atoms with E-state index < -0.39 is 0 Å². The Hall–Kier alpha value is -0.580. The molecule has 0 bridgehead atoms. The normalized spacial score (nSPS) is 10.6. The van der Waals surface area contributed by atoms with Gasteiger partial charge in [-0.25, -0.2) is 4.68 Å². The molecule has 6 heteroatoms. The van der Waals surface area contributed by atoms with Gasteiger partial charge in [0.25, 0.3) is 0 Å². The Kier molecular flexibility index (Phi) is 3.29. The summed E-state index contributed by atoms with van der Waals surface area (Å²) in [5.74, 6) is 0. The van der Waals surface area contributed by atoms with E-state index in [0.29, 0.717) is 15.4 Å². The third kappa shape index (κ3) is 2.33. The Balaban J connectivity index is 2.40. The number of aromatic nitrogens is 3. The number of nitrogens with zero attached hydrogens (tertiary/aromatic N) is 3. The second-order valence-corrected chi connectivity index (χ2v) is 4.26. The number of benzene rings is 1. The summed E-state index contributed by atoms with van der Waals surface area (Å²) in [5.41, 5.74) is 1.70. The molecule has 3 nitrogen and oxygen atoms in total. The van der Waals surface area contributed by atoms with E-state index in [0.717, 1.165) is 11.4 Å². The molecule has 0 spiro atoms. The SMILES string of the molecule is Clc1ccc(-n2cc(CBr)nn2)cc1Cl. The monoisotopic (exact) mass is 305 g/mol. The van der Waals surface area contributed by atoms with E-state index in [1.54, 1.807) is 16.8 Å². The second kappa shape index (κ2) is 4.51. The van der Waals surface area contributed by atoms with Crippen LogP contribution in [0.3, 0.4) is 0 Å². The van der Waals surface area contributed by atoms with Crippen molar-refractivity contribution in [2.75, 3.05) is 0 Å². The first kappa shape index (κ1) is 10.9. The number of alkyl halides is 1. The second-order valence-electron chi connectivity index (χ2n) is 2.89. The molecule has 0 atom stereocenters. The highest BCUT2D eigenvalue weighted by Crippen LogP contribution is 2.24. The molecule has 1 aromatic heterocycles. The van der Waals surface area contributed by atoms with Crippen LogP contribution >= 0.6 is 39.1 Å². The summed E-state index contributed by atoms with van der Waals surface area (Å²) in [6.45, 7) is 0. The molecular formula is C9H6BrCl2N3. The lowest BCUT2D eigenvalue weighted by molar-refractivity contribution is 0.800. The summed E-state index contributed by atoms with van der Waals surface area (Å²) in [6, 6.07) is 5.31. The molecule has 0 saturated heterocycles. The molecule has 0 aliphatic rings. The lowest BCUT2D eigenvalue weighted by Crippen LogP contribution is -1.94. The highest BCUT2D eigenvalue weighted by Gasteiger charge is 2.04. The third-order valence-electron chi connectivity index (χ3n) is 1.85. The van der Waals surface area contributed by atoms with Crippen molar-refractivity contribution in [1.29, 1.82) is 0 Å². The Bertz CT molecular complexity index is 484. The number of hydrogen-bond acceptors (Lipinski definition) is 2. The average Bonchev–Trinajstić information content (AvgIpc) is 2.70. The third-order valence-corrected chi connectivity index (χ3v) is 3.16. The molecule has 0 fully saturated rings. The zero-order valence-corrected chi connectivity index (χ0v) is 10.6. The topological polar surface area (TPSA) is 30.7 Å². The van der Waals surface area contributed by atoms with Crippen molar-refractivity contribution in [2.24, 2.45) is 0 Å². The molecule has 1 heterocycles. The minimum absolute atomic E-state index is 0.505. The number of hydrogen-bond donors (Lipinski definition) is 0. The van der Waals surface area contributed by atoms with Crippen LogP contribution in [-0.4, -0.2) is 15.0 Å². The van der Waals surface area contributed by atoms with Crippen LogP contribution in [0.15, 0.2) is 24.4 Å². The van der Waals surface area contributed by atoms with E-state index in [2.05, 4.69) is 26.2 Å². The fourth-order valence-corrected chi connectivity index (χ4v) is 1.66. The molecule has 0 unspecified atom stereocenters. The number of halogens is 3. The number of rotatable bonds is 2. The van der Waals surface area contributed by atoms with Crippen molar-refractivity contribution in [3.05, 3.63) is 40.1 Å². The van der Waals surface area contributed by atoms with E-state index in [4.69, 9.17) is 23.2 Å². The van der Waals surface area contributed by atoms with Crippen LogP contribution < -0.4 is 0 Å². The van der Waals surface area contributed by atoms with Gasteiger partial charge in [-0.3, -0.25) is 0 Å². The quantitative estimate of drug-likeness (QED) is 0.795.